The number of nitrogens with one attached hydrogen (secondary N) is 2. The summed E-state index contributed by atoms with van der Waals surface area (Å²) in [5, 5.41) is 5.72. The quantitative estimate of drug-likeness (QED) is 0.581. The lowest BCUT2D eigenvalue weighted by Crippen LogP contribution is -2.63. The van der Waals surface area contributed by atoms with E-state index in [1.165, 1.54) is 0 Å². The normalized spacial score (nSPS) is 27.7. The van der Waals surface area contributed by atoms with Crippen LogP contribution in [0.1, 0.15) is 43.7 Å². The molecule has 0 saturated carbocycles. The lowest BCUT2D eigenvalue weighted by Gasteiger charge is -2.51. The van der Waals surface area contributed by atoms with E-state index in [1.54, 1.807) is 13.0 Å². The highest BCUT2D eigenvalue weighted by atomic mass is 16.2. The Morgan fingerprint density at radius 2 is 1.68 bits per heavy atom. The second kappa shape index (κ2) is 12.5. The number of hydrogen-bond acceptors (Lipinski definition) is 4. The second-order valence-corrected chi connectivity index (χ2v) is 11.3. The molecule has 2 N–H and O–H groups in total. The maximum atomic E-state index is 14.2. The highest BCUT2D eigenvalue weighted by Crippen LogP contribution is 2.36. The summed E-state index contributed by atoms with van der Waals surface area (Å²) in [4.78, 5) is 56.8. The molecule has 3 heterocycles. The maximum Gasteiger partial charge on any atom is 0.246 e. The lowest BCUT2D eigenvalue weighted by molar-refractivity contribution is -0.147. The SMILES string of the molecule is C[C@H]1NC(=O)CCC[C@H]2[C@@H]3C[C@@H](CN(C(=O)C=Cc4ccccc4)C3)CN2C(=O)[C@H](Cc2ccccc2)NC1=O. The van der Waals surface area contributed by atoms with Gasteiger partial charge in [0.2, 0.25) is 23.6 Å². The minimum atomic E-state index is -0.735. The van der Waals surface area contributed by atoms with Crippen molar-refractivity contribution in [3.63, 3.8) is 0 Å². The summed E-state index contributed by atoms with van der Waals surface area (Å²) in [5.74, 6) is -0.353. The molecule has 3 aliphatic heterocycles. The molecule has 2 aromatic carbocycles. The van der Waals surface area contributed by atoms with E-state index in [2.05, 4.69) is 10.6 Å². The van der Waals surface area contributed by atoms with Crippen LogP contribution in [-0.4, -0.2) is 71.2 Å². The van der Waals surface area contributed by atoms with E-state index in [0.717, 1.165) is 17.5 Å². The van der Waals surface area contributed by atoms with E-state index in [0.29, 0.717) is 45.3 Å². The van der Waals surface area contributed by atoms with Crippen molar-refractivity contribution in [3.05, 3.63) is 77.9 Å². The molecule has 210 valence electrons. The number of benzene rings is 2. The molecule has 8 heteroatoms. The molecule has 40 heavy (non-hydrogen) atoms. The van der Waals surface area contributed by atoms with Crippen LogP contribution >= 0.6 is 0 Å². The molecule has 0 unspecified atom stereocenters. The van der Waals surface area contributed by atoms with Crippen LogP contribution in [-0.2, 0) is 25.6 Å². The van der Waals surface area contributed by atoms with E-state index in [9.17, 15) is 19.2 Å². The summed E-state index contributed by atoms with van der Waals surface area (Å²) in [6.45, 7) is 3.35. The first-order chi connectivity index (χ1) is 19.4. The topological polar surface area (TPSA) is 98.8 Å². The number of hydrogen-bond donors (Lipinski definition) is 2. The zero-order valence-electron chi connectivity index (χ0n) is 23.0. The summed E-state index contributed by atoms with van der Waals surface area (Å²) in [6.07, 6.45) is 6.38. The first kappa shape index (κ1) is 27.6. The van der Waals surface area contributed by atoms with Gasteiger partial charge in [0.1, 0.15) is 12.1 Å². The molecule has 8 nitrogen and oxygen atoms in total. The predicted octanol–water partition coefficient (Wildman–Crippen LogP) is 2.79. The fraction of sp³-hybridized carbons (Fsp3) is 0.438. The van der Waals surface area contributed by atoms with Gasteiger partial charge in [0.25, 0.3) is 0 Å². The van der Waals surface area contributed by atoms with Crippen LogP contribution in [0.25, 0.3) is 6.08 Å². The number of carbonyl (C=O) groups excluding carboxylic acids is 4. The van der Waals surface area contributed by atoms with Crippen LogP contribution in [0.3, 0.4) is 0 Å². The monoisotopic (exact) mass is 542 g/mol. The number of amides is 4. The van der Waals surface area contributed by atoms with E-state index >= 15 is 0 Å². The number of rotatable bonds is 4. The lowest BCUT2D eigenvalue weighted by atomic mass is 9.77. The third kappa shape index (κ3) is 6.61. The van der Waals surface area contributed by atoms with Gasteiger partial charge in [0.05, 0.1) is 0 Å². The Morgan fingerprint density at radius 1 is 0.950 bits per heavy atom. The Bertz CT molecular complexity index is 1250. The summed E-state index contributed by atoms with van der Waals surface area (Å²) < 4.78 is 0. The van der Waals surface area contributed by atoms with Gasteiger partial charge in [0, 0.05) is 44.6 Å². The molecule has 3 saturated heterocycles. The highest BCUT2D eigenvalue weighted by Gasteiger charge is 2.45. The minimum absolute atomic E-state index is 0.0194. The Kier molecular flexibility index (Phi) is 8.63. The van der Waals surface area contributed by atoms with Gasteiger partial charge in [-0.05, 0) is 55.2 Å². The third-order valence-corrected chi connectivity index (χ3v) is 8.35. The van der Waals surface area contributed by atoms with Gasteiger partial charge in [-0.3, -0.25) is 19.2 Å². The molecule has 3 aliphatic rings. The summed E-state index contributed by atoms with van der Waals surface area (Å²) in [5.41, 5.74) is 1.93. The molecule has 0 radical (unpaired) electrons. The first-order valence-corrected chi connectivity index (χ1v) is 14.3. The van der Waals surface area contributed by atoms with Gasteiger partial charge in [-0.25, -0.2) is 0 Å². The van der Waals surface area contributed by atoms with Gasteiger partial charge in [-0.15, -0.1) is 0 Å². The number of piperidine rings is 2. The van der Waals surface area contributed by atoms with Crippen LogP contribution in [0.4, 0.5) is 0 Å². The standard InChI is InChI=1S/C32H38N4O4/c1-22-31(39)34-27(18-24-11-6-3-7-12-24)32(40)36-20-25-17-26(28(36)13-8-14-29(37)33-22)21-35(19-25)30(38)16-15-23-9-4-2-5-10-23/h2-7,9-12,15-16,22,25-28H,8,13-14,17-21H2,1H3,(H,33,37)(H,34,39)/t22-,25+,26-,27+,28+/m1/s1. The van der Waals surface area contributed by atoms with Crippen LogP contribution in [0.15, 0.2) is 66.7 Å². The summed E-state index contributed by atoms with van der Waals surface area (Å²) in [7, 11) is 0. The van der Waals surface area contributed by atoms with Crippen molar-refractivity contribution in [2.24, 2.45) is 11.8 Å². The Balaban J connectivity index is 1.37. The Labute approximate surface area is 235 Å². The number of fused-ring (bicyclic) bond motifs is 4. The molecule has 3 fully saturated rings. The number of carbonyl (C=O) groups is 4. The van der Waals surface area contributed by atoms with Crippen molar-refractivity contribution in [2.75, 3.05) is 19.6 Å². The zero-order valence-corrected chi connectivity index (χ0v) is 23.0. The van der Waals surface area contributed by atoms with Crippen molar-refractivity contribution in [3.8, 4) is 0 Å². The van der Waals surface area contributed by atoms with Crippen LogP contribution in [0, 0.1) is 11.8 Å². The average molecular weight is 543 g/mol. The number of likely N-dealkylation sites (tertiary alicyclic amines) is 1. The second-order valence-electron chi connectivity index (χ2n) is 11.3. The first-order valence-electron chi connectivity index (χ1n) is 14.3. The number of nitrogens with zero attached hydrogens (tertiary/aromatic N) is 2. The molecular weight excluding hydrogens is 504 g/mol. The van der Waals surface area contributed by atoms with Gasteiger partial charge in [-0.2, -0.15) is 0 Å². The van der Waals surface area contributed by atoms with E-state index in [4.69, 9.17) is 0 Å². The molecule has 0 aromatic heterocycles. The van der Waals surface area contributed by atoms with Crippen molar-refractivity contribution in [1.82, 2.24) is 20.4 Å². The van der Waals surface area contributed by atoms with Gasteiger partial charge in [0.15, 0.2) is 0 Å². The van der Waals surface area contributed by atoms with Crippen LogP contribution in [0.5, 0.6) is 0 Å². The smallest absolute Gasteiger partial charge is 0.246 e. The van der Waals surface area contributed by atoms with Crippen LogP contribution < -0.4 is 10.6 Å². The molecule has 4 amide bonds. The van der Waals surface area contributed by atoms with E-state index in [-0.39, 0.29) is 41.5 Å². The Hall–Kier alpha value is -3.94. The van der Waals surface area contributed by atoms with Crippen molar-refractivity contribution in [1.29, 1.82) is 0 Å². The van der Waals surface area contributed by atoms with Crippen molar-refractivity contribution < 1.29 is 19.2 Å². The van der Waals surface area contributed by atoms with E-state index < -0.39 is 12.1 Å². The van der Waals surface area contributed by atoms with Crippen LogP contribution in [0.2, 0.25) is 0 Å². The molecular formula is C32H38N4O4. The van der Waals surface area contributed by atoms with Crippen molar-refractivity contribution in [2.45, 2.75) is 57.2 Å². The maximum absolute atomic E-state index is 14.2. The molecule has 0 aliphatic carbocycles. The Morgan fingerprint density at radius 3 is 2.42 bits per heavy atom. The van der Waals surface area contributed by atoms with Gasteiger partial charge in [-0.1, -0.05) is 60.7 Å². The van der Waals surface area contributed by atoms with Crippen molar-refractivity contribution >= 4 is 29.7 Å². The van der Waals surface area contributed by atoms with Gasteiger partial charge < -0.3 is 20.4 Å². The molecule has 5 rings (SSSR count). The molecule has 2 bridgehead atoms. The predicted molar refractivity (Wildman–Crippen MR) is 153 cm³/mol. The minimum Gasteiger partial charge on any atom is -0.345 e. The molecule has 2 aromatic rings. The summed E-state index contributed by atoms with van der Waals surface area (Å²) in [6, 6.07) is 17.9. The van der Waals surface area contributed by atoms with Gasteiger partial charge >= 0.3 is 0 Å². The third-order valence-electron chi connectivity index (χ3n) is 8.35. The fourth-order valence-corrected chi connectivity index (χ4v) is 6.39. The highest BCUT2D eigenvalue weighted by molar-refractivity contribution is 5.93. The average Bonchev–Trinajstić information content (AvgIpc) is 2.96. The molecule has 0 spiro atoms. The van der Waals surface area contributed by atoms with E-state index in [1.807, 2.05) is 76.5 Å². The zero-order chi connectivity index (χ0) is 28.1. The summed E-state index contributed by atoms with van der Waals surface area (Å²) >= 11 is 0. The fourth-order valence-electron chi connectivity index (χ4n) is 6.39. The largest absolute Gasteiger partial charge is 0.345 e. The molecule has 5 atom stereocenters.